The molecule has 0 bridgehead atoms. The number of sulfonamides is 1. The van der Waals surface area contributed by atoms with Crippen LogP contribution in [0.3, 0.4) is 0 Å². The maximum absolute atomic E-state index is 14.0. The van der Waals surface area contributed by atoms with E-state index >= 15 is 0 Å². The highest BCUT2D eigenvalue weighted by molar-refractivity contribution is 7.89. The lowest BCUT2D eigenvalue weighted by atomic mass is 9.86. The number of fused-ring (bicyclic) bond motifs is 4. The van der Waals surface area contributed by atoms with E-state index in [-0.39, 0.29) is 36.1 Å². The summed E-state index contributed by atoms with van der Waals surface area (Å²) in [6.45, 7) is 2.42. The fraction of sp³-hybridized carbons (Fsp3) is 0.379. The average Bonchev–Trinajstić information content (AvgIpc) is 3.40. The molecule has 2 atom stereocenters. The molecule has 0 aliphatic carbocycles. The highest BCUT2D eigenvalue weighted by Gasteiger charge is 2.40. The lowest BCUT2D eigenvalue weighted by molar-refractivity contribution is -0.145. The van der Waals surface area contributed by atoms with E-state index in [1.54, 1.807) is 43.5 Å². The first-order valence-corrected chi connectivity index (χ1v) is 15.8. The first-order valence-electron chi connectivity index (χ1n) is 14.0. The molecule has 0 radical (unpaired) electrons. The summed E-state index contributed by atoms with van der Waals surface area (Å²) in [5.74, 6) is -2.66. The molecule has 5 heterocycles. The number of nitrogens with zero attached hydrogens (tertiary/aromatic N) is 6. The molecular weight excluding hydrogens is 621 g/mol. The lowest BCUT2D eigenvalue weighted by Gasteiger charge is -2.36. The van der Waals surface area contributed by atoms with Gasteiger partial charge in [0.1, 0.15) is 10.7 Å². The minimum absolute atomic E-state index is 0.0422. The van der Waals surface area contributed by atoms with Gasteiger partial charge in [0.05, 0.1) is 6.42 Å². The second-order valence-corrected chi connectivity index (χ2v) is 13.4. The van der Waals surface area contributed by atoms with E-state index in [1.165, 1.54) is 16.6 Å². The maximum atomic E-state index is 14.0. The van der Waals surface area contributed by atoms with Gasteiger partial charge in [0, 0.05) is 49.0 Å². The Labute approximate surface area is 256 Å². The summed E-state index contributed by atoms with van der Waals surface area (Å²) >= 11 is 6.61. The Morgan fingerprint density at radius 3 is 2.73 bits per heavy atom. The number of alkyl halides is 3. The van der Waals surface area contributed by atoms with Gasteiger partial charge in [0.2, 0.25) is 15.8 Å². The lowest BCUT2D eigenvalue weighted by Crippen LogP contribution is -2.45. The second-order valence-electron chi connectivity index (χ2n) is 11.1. The molecule has 15 heteroatoms. The SMILES string of the molecule is Cc1c(C(CC(=O)O)c2ccc(Cl)c(CN3CC4CCCCN4c4ncccc4S3(=O)=O)c2)ccn2c(C(F)(F)F)nnc12. The summed E-state index contributed by atoms with van der Waals surface area (Å²) in [4.78, 5) is 18.6. The number of pyridine rings is 2. The van der Waals surface area contributed by atoms with E-state index in [0.29, 0.717) is 39.6 Å². The Kier molecular flexibility index (Phi) is 7.79. The van der Waals surface area contributed by atoms with Crippen molar-refractivity contribution in [3.63, 3.8) is 0 Å². The first-order chi connectivity index (χ1) is 20.9. The van der Waals surface area contributed by atoms with Gasteiger partial charge in [-0.05, 0) is 72.7 Å². The molecule has 6 rings (SSSR count). The van der Waals surface area contributed by atoms with Crippen molar-refractivity contribution < 1.29 is 31.5 Å². The van der Waals surface area contributed by atoms with Gasteiger partial charge in [0.25, 0.3) is 0 Å². The third kappa shape index (κ3) is 5.39. The van der Waals surface area contributed by atoms with Gasteiger partial charge in [-0.1, -0.05) is 23.7 Å². The summed E-state index contributed by atoms with van der Waals surface area (Å²) < 4.78 is 70.5. The van der Waals surface area contributed by atoms with Crippen LogP contribution in [0.1, 0.15) is 59.7 Å². The predicted molar refractivity (Wildman–Crippen MR) is 155 cm³/mol. The van der Waals surface area contributed by atoms with Crippen molar-refractivity contribution in [2.75, 3.05) is 18.0 Å². The van der Waals surface area contributed by atoms with Crippen LogP contribution in [-0.4, -0.2) is 62.5 Å². The number of halogens is 4. The molecule has 1 N–H and O–H groups in total. The van der Waals surface area contributed by atoms with Crippen molar-refractivity contribution in [1.29, 1.82) is 0 Å². The molecule has 1 fully saturated rings. The van der Waals surface area contributed by atoms with Gasteiger partial charge in [-0.3, -0.25) is 9.20 Å². The minimum Gasteiger partial charge on any atom is -0.481 e. The zero-order valence-corrected chi connectivity index (χ0v) is 25.1. The predicted octanol–water partition coefficient (Wildman–Crippen LogP) is 5.27. The van der Waals surface area contributed by atoms with E-state index in [1.807, 2.05) is 0 Å². The molecule has 2 aliphatic rings. The Morgan fingerprint density at radius 2 is 1.98 bits per heavy atom. The summed E-state index contributed by atoms with van der Waals surface area (Å²) in [6.07, 6.45) is 0.359. The van der Waals surface area contributed by atoms with Crippen LogP contribution in [0.25, 0.3) is 5.65 Å². The van der Waals surface area contributed by atoms with Crippen LogP contribution < -0.4 is 4.90 Å². The van der Waals surface area contributed by atoms with Crippen molar-refractivity contribution in [3.05, 3.63) is 81.9 Å². The van der Waals surface area contributed by atoms with Crippen LogP contribution in [0.15, 0.2) is 53.7 Å². The average molecular weight is 649 g/mol. The number of hydrogen-bond acceptors (Lipinski definition) is 7. The molecule has 4 aromatic rings. The molecule has 1 saturated heterocycles. The molecule has 44 heavy (non-hydrogen) atoms. The standard InChI is InChI=1S/C29H28ClF3N6O4S/c1-17-21(9-12-39-26(17)35-36-28(39)29(31,32)33)22(14-25(40)41)18-7-8-23(30)19(13-18)15-37-16-20-5-2-3-11-38(20)27-24(44(37,42)43)6-4-10-34-27/h4,6-10,12-13,20,22H,2-3,5,11,14-16H2,1H3,(H,40,41). The van der Waals surface area contributed by atoms with E-state index in [4.69, 9.17) is 11.6 Å². The second kappa shape index (κ2) is 11.3. The normalized spacial score (nSPS) is 19.3. The summed E-state index contributed by atoms with van der Waals surface area (Å²) in [7, 11) is -3.97. The number of rotatable bonds is 6. The number of anilines is 1. The molecule has 2 aliphatic heterocycles. The summed E-state index contributed by atoms with van der Waals surface area (Å²) in [5, 5.41) is 17.1. The Hall–Kier alpha value is -3.75. The number of carboxylic acids is 1. The third-order valence-corrected chi connectivity index (χ3v) is 10.6. The fourth-order valence-corrected chi connectivity index (χ4v) is 8.05. The Balaban J connectivity index is 1.40. The van der Waals surface area contributed by atoms with Gasteiger partial charge in [-0.25, -0.2) is 13.4 Å². The van der Waals surface area contributed by atoms with Crippen LogP contribution in [-0.2, 0) is 27.5 Å². The smallest absolute Gasteiger partial charge is 0.452 e. The van der Waals surface area contributed by atoms with Crippen molar-refractivity contribution in [1.82, 2.24) is 23.9 Å². The van der Waals surface area contributed by atoms with E-state index in [2.05, 4.69) is 20.1 Å². The largest absolute Gasteiger partial charge is 0.481 e. The molecule has 2 unspecified atom stereocenters. The quantitative estimate of drug-likeness (QED) is 0.300. The van der Waals surface area contributed by atoms with Crippen LogP contribution in [0.4, 0.5) is 19.0 Å². The number of carboxylic acid groups (broad SMARTS) is 1. The highest BCUT2D eigenvalue weighted by atomic mass is 35.5. The van der Waals surface area contributed by atoms with Crippen LogP contribution in [0.2, 0.25) is 5.02 Å². The molecule has 0 saturated carbocycles. The monoisotopic (exact) mass is 648 g/mol. The van der Waals surface area contributed by atoms with Crippen LogP contribution in [0, 0.1) is 6.92 Å². The van der Waals surface area contributed by atoms with Gasteiger partial charge >= 0.3 is 12.1 Å². The number of piperidine rings is 1. The van der Waals surface area contributed by atoms with E-state index < -0.39 is 33.9 Å². The van der Waals surface area contributed by atoms with Crippen LogP contribution in [0.5, 0.6) is 0 Å². The molecule has 10 nitrogen and oxygen atoms in total. The third-order valence-electron chi connectivity index (χ3n) is 8.38. The van der Waals surface area contributed by atoms with E-state index in [9.17, 15) is 31.5 Å². The first kappa shape index (κ1) is 30.3. The van der Waals surface area contributed by atoms with Crippen molar-refractivity contribution in [2.45, 2.75) is 62.2 Å². The summed E-state index contributed by atoms with van der Waals surface area (Å²) in [5.41, 5.74) is 1.74. The number of benzene rings is 1. The molecule has 232 valence electrons. The molecule has 0 spiro atoms. The Bertz CT molecular complexity index is 1870. The zero-order chi connectivity index (χ0) is 31.4. The topological polar surface area (TPSA) is 121 Å². The minimum atomic E-state index is -4.72. The number of aliphatic carboxylic acids is 1. The molecule has 3 aromatic heterocycles. The van der Waals surface area contributed by atoms with E-state index in [0.717, 1.165) is 23.7 Å². The summed E-state index contributed by atoms with van der Waals surface area (Å²) in [6, 6.07) is 9.41. The number of aromatic nitrogens is 4. The fourth-order valence-electron chi connectivity index (χ4n) is 6.26. The van der Waals surface area contributed by atoms with Crippen molar-refractivity contribution in [2.24, 2.45) is 0 Å². The van der Waals surface area contributed by atoms with Crippen molar-refractivity contribution in [3.8, 4) is 0 Å². The van der Waals surface area contributed by atoms with Crippen LogP contribution >= 0.6 is 11.6 Å². The number of aryl methyl sites for hydroxylation is 1. The van der Waals surface area contributed by atoms with Crippen molar-refractivity contribution >= 4 is 39.1 Å². The number of carbonyl (C=O) groups is 1. The van der Waals surface area contributed by atoms with Gasteiger partial charge in [-0.2, -0.15) is 17.5 Å². The molecule has 0 amide bonds. The zero-order valence-electron chi connectivity index (χ0n) is 23.5. The van der Waals surface area contributed by atoms with Gasteiger partial charge in [-0.15, -0.1) is 10.2 Å². The number of hydrogen-bond donors (Lipinski definition) is 1. The maximum Gasteiger partial charge on any atom is 0.452 e. The van der Waals surface area contributed by atoms with Gasteiger partial charge in [0.15, 0.2) is 5.65 Å². The Morgan fingerprint density at radius 1 is 1.18 bits per heavy atom. The van der Waals surface area contributed by atoms with Gasteiger partial charge < -0.3 is 10.0 Å². The highest BCUT2D eigenvalue weighted by Crippen LogP contribution is 2.38. The molecule has 1 aromatic carbocycles. The molecular formula is C29H28ClF3N6O4S.